The fourth-order valence-electron chi connectivity index (χ4n) is 2.11. The van der Waals surface area contributed by atoms with Crippen LogP contribution in [-0.4, -0.2) is 33.7 Å². The van der Waals surface area contributed by atoms with E-state index in [1.54, 1.807) is 18.2 Å². The van der Waals surface area contributed by atoms with Crippen molar-refractivity contribution in [1.29, 1.82) is 0 Å². The van der Waals surface area contributed by atoms with Crippen molar-refractivity contribution in [1.82, 2.24) is 0 Å². The molecule has 0 aromatic heterocycles. The van der Waals surface area contributed by atoms with Crippen LogP contribution in [0.4, 0.5) is 5.69 Å². The molecule has 8 heteroatoms. The zero-order chi connectivity index (χ0) is 17.7. The summed E-state index contributed by atoms with van der Waals surface area (Å²) in [6.07, 6.45) is -0.286. The molecule has 0 atom stereocenters. The molecule has 0 aliphatic carbocycles. The van der Waals surface area contributed by atoms with Crippen molar-refractivity contribution in [3.63, 3.8) is 0 Å². The van der Waals surface area contributed by atoms with Gasteiger partial charge in [-0.15, -0.1) is 0 Å². The van der Waals surface area contributed by atoms with Crippen LogP contribution in [-0.2, 0) is 21.2 Å². The van der Waals surface area contributed by atoms with Gasteiger partial charge < -0.3 is 14.6 Å². The minimum absolute atomic E-state index is 0.125. The van der Waals surface area contributed by atoms with E-state index in [0.29, 0.717) is 17.0 Å². The molecule has 0 heterocycles. The molecule has 0 bridgehead atoms. The molecule has 0 amide bonds. The van der Waals surface area contributed by atoms with Crippen molar-refractivity contribution in [3.8, 4) is 11.5 Å². The van der Waals surface area contributed by atoms with Crippen molar-refractivity contribution < 1.29 is 27.8 Å². The Balaban J connectivity index is 2.41. The summed E-state index contributed by atoms with van der Waals surface area (Å²) >= 11 is 0. The molecule has 0 saturated heterocycles. The number of aliphatic carboxylic acids is 1. The maximum atomic E-state index is 12.6. The minimum atomic E-state index is -3.96. The van der Waals surface area contributed by atoms with Gasteiger partial charge in [0.2, 0.25) is 0 Å². The molecule has 0 aliphatic heterocycles. The Morgan fingerprint density at radius 2 is 1.88 bits per heavy atom. The number of carboxylic acid groups (broad SMARTS) is 1. The number of methoxy groups -OCH3 is 2. The molecule has 0 aliphatic rings. The van der Waals surface area contributed by atoms with Gasteiger partial charge in [0, 0.05) is 6.07 Å². The molecule has 2 rings (SSSR count). The second-order valence-corrected chi connectivity index (χ2v) is 6.54. The van der Waals surface area contributed by atoms with Crippen LogP contribution in [0.15, 0.2) is 47.4 Å². The predicted molar refractivity (Wildman–Crippen MR) is 88.1 cm³/mol. The Bertz CT molecular complexity index is 847. The minimum Gasteiger partial charge on any atom is -0.497 e. The molecule has 128 valence electrons. The maximum Gasteiger partial charge on any atom is 0.307 e. The van der Waals surface area contributed by atoms with E-state index in [9.17, 15) is 13.2 Å². The van der Waals surface area contributed by atoms with Crippen molar-refractivity contribution >= 4 is 21.7 Å². The number of benzene rings is 2. The van der Waals surface area contributed by atoms with Crippen molar-refractivity contribution in [2.75, 3.05) is 18.9 Å². The topological polar surface area (TPSA) is 102 Å². The molecule has 24 heavy (non-hydrogen) atoms. The van der Waals surface area contributed by atoms with Gasteiger partial charge in [-0.3, -0.25) is 9.52 Å². The van der Waals surface area contributed by atoms with Gasteiger partial charge in [-0.05, 0) is 29.8 Å². The SMILES string of the molecule is COc1cccc(NS(=O)(=O)c2cc(CC(=O)O)ccc2OC)c1. The van der Waals surface area contributed by atoms with Crippen LogP contribution in [0.1, 0.15) is 5.56 Å². The number of rotatable bonds is 7. The number of hydrogen-bond acceptors (Lipinski definition) is 5. The van der Waals surface area contributed by atoms with Crippen molar-refractivity contribution in [3.05, 3.63) is 48.0 Å². The summed E-state index contributed by atoms with van der Waals surface area (Å²) in [4.78, 5) is 10.7. The van der Waals surface area contributed by atoms with E-state index in [1.165, 1.54) is 38.5 Å². The molecule has 0 spiro atoms. The summed E-state index contributed by atoms with van der Waals surface area (Å²) < 4.78 is 37.8. The maximum absolute atomic E-state index is 12.6. The highest BCUT2D eigenvalue weighted by molar-refractivity contribution is 7.92. The molecule has 2 aromatic rings. The van der Waals surface area contributed by atoms with Gasteiger partial charge in [-0.2, -0.15) is 0 Å². The van der Waals surface area contributed by atoms with E-state index < -0.39 is 16.0 Å². The normalized spacial score (nSPS) is 10.9. The first kappa shape index (κ1) is 17.6. The fraction of sp³-hybridized carbons (Fsp3) is 0.188. The highest BCUT2D eigenvalue weighted by Crippen LogP contribution is 2.28. The molecular formula is C16H17NO6S. The van der Waals surface area contributed by atoms with Crippen LogP contribution >= 0.6 is 0 Å². The first-order chi connectivity index (χ1) is 11.4. The van der Waals surface area contributed by atoms with Crippen LogP contribution in [0.2, 0.25) is 0 Å². The number of ether oxygens (including phenoxy) is 2. The number of nitrogens with one attached hydrogen (secondary N) is 1. The van der Waals surface area contributed by atoms with E-state index >= 15 is 0 Å². The zero-order valence-corrected chi connectivity index (χ0v) is 14.0. The molecule has 0 unspecified atom stereocenters. The zero-order valence-electron chi connectivity index (χ0n) is 13.1. The van der Waals surface area contributed by atoms with E-state index in [0.717, 1.165) is 0 Å². The molecule has 2 aromatic carbocycles. The molecule has 0 fully saturated rings. The average Bonchev–Trinajstić information content (AvgIpc) is 2.54. The third-order valence-electron chi connectivity index (χ3n) is 3.19. The van der Waals surface area contributed by atoms with Gasteiger partial charge >= 0.3 is 5.97 Å². The van der Waals surface area contributed by atoms with Crippen molar-refractivity contribution in [2.45, 2.75) is 11.3 Å². The van der Waals surface area contributed by atoms with Gasteiger partial charge in [0.1, 0.15) is 16.4 Å². The first-order valence-corrected chi connectivity index (χ1v) is 8.39. The number of hydrogen-bond donors (Lipinski definition) is 2. The molecule has 2 N–H and O–H groups in total. The number of sulfonamides is 1. The first-order valence-electron chi connectivity index (χ1n) is 6.91. The molecule has 7 nitrogen and oxygen atoms in total. The number of carboxylic acids is 1. The standard InChI is InChI=1S/C16H17NO6S/c1-22-13-5-3-4-12(10-13)17-24(20,21)15-8-11(9-16(18)19)6-7-14(15)23-2/h3-8,10,17H,9H2,1-2H3,(H,18,19). The van der Waals surface area contributed by atoms with Gasteiger partial charge in [-0.1, -0.05) is 12.1 Å². The average molecular weight is 351 g/mol. The van der Waals surface area contributed by atoms with Crippen LogP contribution in [0.5, 0.6) is 11.5 Å². The second kappa shape index (κ2) is 7.22. The lowest BCUT2D eigenvalue weighted by atomic mass is 10.1. The van der Waals surface area contributed by atoms with Gasteiger partial charge in [-0.25, -0.2) is 8.42 Å². The van der Waals surface area contributed by atoms with Gasteiger partial charge in [0.25, 0.3) is 10.0 Å². The van der Waals surface area contributed by atoms with Crippen LogP contribution in [0, 0.1) is 0 Å². The van der Waals surface area contributed by atoms with Gasteiger partial charge in [0.15, 0.2) is 0 Å². The van der Waals surface area contributed by atoms with Gasteiger partial charge in [0.05, 0.1) is 26.3 Å². The Morgan fingerprint density at radius 3 is 2.50 bits per heavy atom. The predicted octanol–water partition coefficient (Wildman–Crippen LogP) is 2.13. The second-order valence-electron chi connectivity index (χ2n) is 4.89. The quantitative estimate of drug-likeness (QED) is 0.792. The van der Waals surface area contributed by atoms with E-state index in [4.69, 9.17) is 14.6 Å². The summed E-state index contributed by atoms with van der Waals surface area (Å²) in [5, 5.41) is 8.87. The lowest BCUT2D eigenvalue weighted by Gasteiger charge is -2.13. The monoisotopic (exact) mass is 351 g/mol. The van der Waals surface area contributed by atoms with E-state index in [-0.39, 0.29) is 17.1 Å². The van der Waals surface area contributed by atoms with Crippen LogP contribution in [0.3, 0.4) is 0 Å². The number of carbonyl (C=O) groups is 1. The largest absolute Gasteiger partial charge is 0.497 e. The summed E-state index contributed by atoms with van der Waals surface area (Å²) in [6, 6.07) is 10.7. The third-order valence-corrected chi connectivity index (χ3v) is 4.60. The summed E-state index contributed by atoms with van der Waals surface area (Å²) in [5.41, 5.74) is 0.675. The Kier molecular flexibility index (Phi) is 5.30. The van der Waals surface area contributed by atoms with E-state index in [2.05, 4.69) is 4.72 Å². The third kappa shape index (κ3) is 4.17. The number of anilines is 1. The fourth-order valence-corrected chi connectivity index (χ4v) is 3.38. The summed E-state index contributed by atoms with van der Waals surface area (Å²) in [7, 11) is -1.14. The van der Waals surface area contributed by atoms with Crippen LogP contribution < -0.4 is 14.2 Å². The molecule has 0 radical (unpaired) electrons. The Labute approximate surface area is 139 Å². The Hall–Kier alpha value is -2.74. The summed E-state index contributed by atoms with van der Waals surface area (Å²) in [6.45, 7) is 0. The summed E-state index contributed by atoms with van der Waals surface area (Å²) in [5.74, 6) is -0.425. The van der Waals surface area contributed by atoms with E-state index in [1.807, 2.05) is 0 Å². The lowest BCUT2D eigenvalue weighted by Crippen LogP contribution is -2.15. The Morgan fingerprint density at radius 1 is 1.12 bits per heavy atom. The highest BCUT2D eigenvalue weighted by Gasteiger charge is 2.21. The molecular weight excluding hydrogens is 334 g/mol. The van der Waals surface area contributed by atoms with Crippen LogP contribution in [0.25, 0.3) is 0 Å². The van der Waals surface area contributed by atoms with Crippen molar-refractivity contribution in [2.24, 2.45) is 0 Å². The molecule has 0 saturated carbocycles. The lowest BCUT2D eigenvalue weighted by molar-refractivity contribution is -0.136. The smallest absolute Gasteiger partial charge is 0.307 e. The highest BCUT2D eigenvalue weighted by atomic mass is 32.2.